The third-order valence-electron chi connectivity index (χ3n) is 3.11. The molecule has 3 nitrogen and oxygen atoms in total. The number of hydrogen-bond donors (Lipinski definition) is 1. The highest BCUT2D eigenvalue weighted by Gasteiger charge is 2.20. The van der Waals surface area contributed by atoms with Crippen LogP contribution in [0.5, 0.6) is 0 Å². The first-order valence-corrected chi connectivity index (χ1v) is 5.88. The second kappa shape index (κ2) is 4.08. The van der Waals surface area contributed by atoms with Crippen molar-refractivity contribution < 1.29 is 0 Å². The second-order valence-corrected chi connectivity index (χ2v) is 4.43. The average molecular weight is 213 g/mol. The summed E-state index contributed by atoms with van der Waals surface area (Å²) >= 11 is 0. The Morgan fingerprint density at radius 2 is 2.12 bits per heavy atom. The summed E-state index contributed by atoms with van der Waals surface area (Å²) in [6, 6.07) is 8.11. The summed E-state index contributed by atoms with van der Waals surface area (Å²) in [5, 5.41) is 12.7. The van der Waals surface area contributed by atoms with Gasteiger partial charge in [-0.3, -0.25) is 0 Å². The largest absolute Gasteiger partial charge is 0.383 e. The fourth-order valence-electron chi connectivity index (χ4n) is 1.97. The van der Waals surface area contributed by atoms with Gasteiger partial charge in [0.1, 0.15) is 0 Å². The van der Waals surface area contributed by atoms with Crippen molar-refractivity contribution in [3.05, 3.63) is 30.5 Å². The van der Waals surface area contributed by atoms with Crippen LogP contribution in [0, 0.1) is 5.92 Å². The van der Waals surface area contributed by atoms with E-state index in [9.17, 15) is 0 Å². The Kier molecular flexibility index (Phi) is 2.44. The van der Waals surface area contributed by atoms with E-state index in [0.717, 1.165) is 29.1 Å². The number of anilines is 1. The normalized spacial score (nSPS) is 15.2. The molecule has 3 rings (SSSR count). The fraction of sp³-hybridized carbons (Fsp3) is 0.385. The SMILES string of the molecule is c1ccc2c(NCCC3CC3)cnnc2c1. The van der Waals surface area contributed by atoms with Crippen LogP contribution in [-0.2, 0) is 0 Å². The van der Waals surface area contributed by atoms with Crippen LogP contribution in [0.1, 0.15) is 19.3 Å². The van der Waals surface area contributed by atoms with Crippen molar-refractivity contribution in [1.82, 2.24) is 10.2 Å². The Bertz CT molecular complexity index is 486. The first-order chi connectivity index (χ1) is 7.93. The van der Waals surface area contributed by atoms with E-state index in [1.807, 2.05) is 24.4 Å². The van der Waals surface area contributed by atoms with Crippen molar-refractivity contribution in [3.8, 4) is 0 Å². The van der Waals surface area contributed by atoms with Crippen LogP contribution in [0.3, 0.4) is 0 Å². The van der Waals surface area contributed by atoms with E-state index >= 15 is 0 Å². The van der Waals surface area contributed by atoms with E-state index in [1.54, 1.807) is 0 Å². The summed E-state index contributed by atoms with van der Waals surface area (Å²) in [6.07, 6.45) is 5.92. The highest BCUT2D eigenvalue weighted by Crippen LogP contribution is 2.32. The van der Waals surface area contributed by atoms with Crippen molar-refractivity contribution >= 4 is 16.6 Å². The van der Waals surface area contributed by atoms with Crippen molar-refractivity contribution in [3.63, 3.8) is 0 Å². The summed E-state index contributed by atoms with van der Waals surface area (Å²) in [6.45, 7) is 1.04. The molecule has 1 saturated carbocycles. The first kappa shape index (κ1) is 9.58. The van der Waals surface area contributed by atoms with Gasteiger partial charge in [0.15, 0.2) is 0 Å². The van der Waals surface area contributed by atoms with E-state index in [1.165, 1.54) is 19.3 Å². The lowest BCUT2D eigenvalue weighted by atomic mass is 10.2. The minimum absolute atomic E-state index is 0.957. The van der Waals surface area contributed by atoms with Gasteiger partial charge < -0.3 is 5.32 Å². The van der Waals surface area contributed by atoms with E-state index in [4.69, 9.17) is 0 Å². The zero-order valence-electron chi connectivity index (χ0n) is 9.19. The smallest absolute Gasteiger partial charge is 0.0950 e. The topological polar surface area (TPSA) is 37.8 Å². The Balaban J connectivity index is 1.79. The van der Waals surface area contributed by atoms with Crippen molar-refractivity contribution in [2.45, 2.75) is 19.3 Å². The predicted molar refractivity (Wildman–Crippen MR) is 65.4 cm³/mol. The van der Waals surface area contributed by atoms with Gasteiger partial charge in [-0.2, -0.15) is 10.2 Å². The highest BCUT2D eigenvalue weighted by atomic mass is 15.1. The molecule has 2 aromatic rings. The molecule has 0 aliphatic heterocycles. The molecule has 1 aromatic heterocycles. The van der Waals surface area contributed by atoms with E-state index < -0.39 is 0 Å². The molecule has 1 aliphatic carbocycles. The number of hydrogen-bond acceptors (Lipinski definition) is 3. The standard InChI is InChI=1S/C13H15N3/c1-2-4-12-11(3-1)13(9-15-16-12)14-8-7-10-5-6-10/h1-4,9-10H,5-8H2,(H,14,16). The zero-order valence-corrected chi connectivity index (χ0v) is 9.19. The molecule has 0 spiro atoms. The molecule has 0 atom stereocenters. The fourth-order valence-corrected chi connectivity index (χ4v) is 1.97. The Labute approximate surface area is 94.9 Å². The van der Waals surface area contributed by atoms with Gasteiger partial charge in [0.05, 0.1) is 17.4 Å². The quantitative estimate of drug-likeness (QED) is 0.848. The van der Waals surface area contributed by atoms with Crippen LogP contribution in [0.25, 0.3) is 10.9 Å². The van der Waals surface area contributed by atoms with Crippen LogP contribution in [0.4, 0.5) is 5.69 Å². The maximum absolute atomic E-state index is 4.11. The number of aromatic nitrogens is 2. The molecule has 1 aromatic carbocycles. The molecule has 0 saturated heterocycles. The third-order valence-corrected chi connectivity index (χ3v) is 3.11. The van der Waals surface area contributed by atoms with Crippen LogP contribution >= 0.6 is 0 Å². The third kappa shape index (κ3) is 1.98. The average Bonchev–Trinajstić information content (AvgIpc) is 3.13. The van der Waals surface area contributed by atoms with Crippen LogP contribution in [0.2, 0.25) is 0 Å². The number of nitrogens with one attached hydrogen (secondary N) is 1. The number of fused-ring (bicyclic) bond motifs is 1. The Hall–Kier alpha value is -1.64. The molecule has 3 heteroatoms. The molecule has 16 heavy (non-hydrogen) atoms. The summed E-state index contributed by atoms with van der Waals surface area (Å²) in [4.78, 5) is 0. The number of benzene rings is 1. The molecule has 1 aliphatic rings. The molecule has 82 valence electrons. The number of nitrogens with zero attached hydrogens (tertiary/aromatic N) is 2. The molecular weight excluding hydrogens is 198 g/mol. The molecule has 0 unspecified atom stereocenters. The summed E-state index contributed by atoms with van der Waals surface area (Å²) < 4.78 is 0. The maximum atomic E-state index is 4.11. The van der Waals surface area contributed by atoms with Crippen LogP contribution < -0.4 is 5.32 Å². The molecule has 0 radical (unpaired) electrons. The van der Waals surface area contributed by atoms with Gasteiger partial charge in [-0.05, 0) is 18.4 Å². The Morgan fingerprint density at radius 1 is 1.25 bits per heavy atom. The van der Waals surface area contributed by atoms with Gasteiger partial charge in [0, 0.05) is 11.9 Å². The lowest BCUT2D eigenvalue weighted by Gasteiger charge is -2.07. The minimum atomic E-state index is 0.957. The first-order valence-electron chi connectivity index (χ1n) is 5.88. The number of rotatable bonds is 4. The van der Waals surface area contributed by atoms with Gasteiger partial charge in [-0.15, -0.1) is 0 Å². The Morgan fingerprint density at radius 3 is 3.00 bits per heavy atom. The minimum Gasteiger partial charge on any atom is -0.383 e. The second-order valence-electron chi connectivity index (χ2n) is 4.43. The van der Waals surface area contributed by atoms with Crippen LogP contribution in [0.15, 0.2) is 30.5 Å². The van der Waals surface area contributed by atoms with Gasteiger partial charge in [0.2, 0.25) is 0 Å². The van der Waals surface area contributed by atoms with Crippen molar-refractivity contribution in [2.24, 2.45) is 5.92 Å². The molecule has 1 fully saturated rings. The molecule has 0 amide bonds. The van der Waals surface area contributed by atoms with E-state index in [2.05, 4.69) is 21.6 Å². The van der Waals surface area contributed by atoms with Crippen molar-refractivity contribution in [1.29, 1.82) is 0 Å². The van der Waals surface area contributed by atoms with Crippen LogP contribution in [-0.4, -0.2) is 16.7 Å². The maximum Gasteiger partial charge on any atom is 0.0950 e. The molecule has 1 N–H and O–H groups in total. The van der Waals surface area contributed by atoms with Gasteiger partial charge in [0.25, 0.3) is 0 Å². The zero-order chi connectivity index (χ0) is 10.8. The lowest BCUT2D eigenvalue weighted by Crippen LogP contribution is -2.03. The molecule has 1 heterocycles. The van der Waals surface area contributed by atoms with E-state index in [-0.39, 0.29) is 0 Å². The van der Waals surface area contributed by atoms with Crippen molar-refractivity contribution in [2.75, 3.05) is 11.9 Å². The summed E-state index contributed by atoms with van der Waals surface area (Å²) in [5.74, 6) is 0.966. The highest BCUT2D eigenvalue weighted by molar-refractivity contribution is 5.90. The molecule has 0 bridgehead atoms. The van der Waals surface area contributed by atoms with Gasteiger partial charge in [-0.1, -0.05) is 31.0 Å². The van der Waals surface area contributed by atoms with E-state index in [0.29, 0.717) is 0 Å². The molecular formula is C13H15N3. The monoisotopic (exact) mass is 213 g/mol. The van der Waals surface area contributed by atoms with Gasteiger partial charge >= 0.3 is 0 Å². The summed E-state index contributed by atoms with van der Waals surface area (Å²) in [7, 11) is 0. The van der Waals surface area contributed by atoms with Gasteiger partial charge in [-0.25, -0.2) is 0 Å². The predicted octanol–water partition coefficient (Wildman–Crippen LogP) is 2.84. The lowest BCUT2D eigenvalue weighted by molar-refractivity contribution is 0.760. The summed E-state index contributed by atoms with van der Waals surface area (Å²) in [5.41, 5.74) is 2.06.